The van der Waals surface area contributed by atoms with Crippen molar-refractivity contribution in [2.24, 2.45) is 0 Å². The van der Waals surface area contributed by atoms with Gasteiger partial charge in [0.05, 0.1) is 0 Å². The van der Waals surface area contributed by atoms with Crippen LogP contribution in [0.4, 0.5) is 0 Å². The van der Waals surface area contributed by atoms with Crippen molar-refractivity contribution in [3.05, 3.63) is 12.4 Å². The molecule has 0 saturated carbocycles. The van der Waals surface area contributed by atoms with Crippen LogP contribution in [0.5, 0.6) is 0 Å². The quantitative estimate of drug-likeness (QED) is 0.148. The number of hydrogen-bond acceptors (Lipinski definition) is 2. The van der Waals surface area contributed by atoms with Gasteiger partial charge in [0.2, 0.25) is 0 Å². The van der Waals surface area contributed by atoms with E-state index < -0.39 is 0 Å². The molecule has 1 unspecified atom stereocenters. The van der Waals surface area contributed by atoms with Crippen molar-refractivity contribution in [2.45, 2.75) is 162 Å². The zero-order chi connectivity index (χ0) is 22.4. The molecule has 0 N–H and O–H groups in total. The van der Waals surface area contributed by atoms with Crippen LogP contribution in [-0.2, 0) is 0 Å². The summed E-state index contributed by atoms with van der Waals surface area (Å²) in [6.45, 7) is 9.30. The van der Waals surface area contributed by atoms with Gasteiger partial charge in [-0.1, -0.05) is 129 Å². The van der Waals surface area contributed by atoms with Crippen molar-refractivity contribution >= 4 is 0 Å². The molecular weight excluding hydrogens is 376 g/mol. The molecular formula is C29H58N2. The summed E-state index contributed by atoms with van der Waals surface area (Å²) >= 11 is 0. The van der Waals surface area contributed by atoms with Crippen LogP contribution in [0.3, 0.4) is 0 Å². The Hall–Kier alpha value is -0.660. The average molecular weight is 435 g/mol. The predicted octanol–water partition coefficient (Wildman–Crippen LogP) is 9.65. The minimum absolute atomic E-state index is 0.637. The highest BCUT2D eigenvalue weighted by atomic mass is 15.4. The van der Waals surface area contributed by atoms with E-state index in [0.717, 1.165) is 6.54 Å². The summed E-state index contributed by atoms with van der Waals surface area (Å²) in [5, 5.41) is 0. The molecule has 0 amide bonds. The normalized spacial score (nSPS) is 16.0. The lowest BCUT2D eigenvalue weighted by Gasteiger charge is -2.32. The lowest BCUT2D eigenvalue weighted by molar-refractivity contribution is 0.142. The van der Waals surface area contributed by atoms with Crippen LogP contribution in [0.25, 0.3) is 0 Å². The summed E-state index contributed by atoms with van der Waals surface area (Å²) in [4.78, 5) is 5.18. The molecule has 1 aliphatic heterocycles. The summed E-state index contributed by atoms with van der Waals surface area (Å²) in [7, 11) is 0. The maximum Gasteiger partial charge on any atom is 0.101 e. The van der Waals surface area contributed by atoms with Crippen molar-refractivity contribution in [1.29, 1.82) is 0 Å². The van der Waals surface area contributed by atoms with Crippen molar-refractivity contribution in [2.75, 3.05) is 13.1 Å². The second kappa shape index (κ2) is 21.2. The van der Waals surface area contributed by atoms with Crippen molar-refractivity contribution in [3.63, 3.8) is 0 Å². The molecule has 0 spiro atoms. The molecule has 1 atom stereocenters. The summed E-state index contributed by atoms with van der Waals surface area (Å²) < 4.78 is 0. The zero-order valence-electron chi connectivity index (χ0n) is 21.9. The monoisotopic (exact) mass is 434 g/mol. The van der Waals surface area contributed by atoms with Gasteiger partial charge in [0.25, 0.3) is 0 Å². The van der Waals surface area contributed by atoms with Gasteiger partial charge in [0.15, 0.2) is 0 Å². The Morgan fingerprint density at radius 2 is 0.839 bits per heavy atom. The van der Waals surface area contributed by atoms with Crippen LogP contribution in [0.2, 0.25) is 0 Å². The Morgan fingerprint density at radius 1 is 0.452 bits per heavy atom. The number of rotatable bonds is 23. The fraction of sp³-hybridized carbons (Fsp3) is 0.931. The molecule has 184 valence electrons. The molecule has 0 aliphatic carbocycles. The predicted molar refractivity (Wildman–Crippen MR) is 140 cm³/mol. The van der Waals surface area contributed by atoms with E-state index in [2.05, 4.69) is 43.0 Å². The van der Waals surface area contributed by atoms with Crippen LogP contribution in [0.15, 0.2) is 12.4 Å². The Bertz CT molecular complexity index is 392. The molecule has 2 heteroatoms. The van der Waals surface area contributed by atoms with Crippen LogP contribution in [0, 0.1) is 0 Å². The maximum absolute atomic E-state index is 2.62. The maximum atomic E-state index is 2.62. The Kier molecular flexibility index (Phi) is 19.4. The van der Waals surface area contributed by atoms with Gasteiger partial charge in [0.1, 0.15) is 6.17 Å². The lowest BCUT2D eigenvalue weighted by atomic mass is 10.0. The van der Waals surface area contributed by atoms with Gasteiger partial charge in [-0.3, -0.25) is 0 Å². The minimum Gasteiger partial charge on any atom is -0.356 e. The Morgan fingerprint density at radius 3 is 1.29 bits per heavy atom. The third kappa shape index (κ3) is 14.9. The first-order chi connectivity index (χ1) is 15.3. The second-order valence-corrected chi connectivity index (χ2v) is 10.00. The summed E-state index contributed by atoms with van der Waals surface area (Å²) in [6.07, 6.45) is 35.4. The highest BCUT2D eigenvalue weighted by Crippen LogP contribution is 2.22. The fourth-order valence-electron chi connectivity index (χ4n) is 5.03. The van der Waals surface area contributed by atoms with E-state index in [4.69, 9.17) is 0 Å². The molecule has 1 heterocycles. The molecule has 1 rings (SSSR count). The first-order valence-corrected chi connectivity index (χ1v) is 14.5. The third-order valence-corrected chi connectivity index (χ3v) is 7.17. The van der Waals surface area contributed by atoms with E-state index in [9.17, 15) is 0 Å². The summed E-state index contributed by atoms with van der Waals surface area (Å²) in [6, 6.07) is 0. The topological polar surface area (TPSA) is 6.48 Å². The van der Waals surface area contributed by atoms with Crippen LogP contribution in [0.1, 0.15) is 156 Å². The van der Waals surface area contributed by atoms with Gasteiger partial charge in [-0.15, -0.1) is 0 Å². The van der Waals surface area contributed by atoms with Crippen molar-refractivity contribution in [1.82, 2.24) is 9.80 Å². The second-order valence-electron chi connectivity index (χ2n) is 10.00. The third-order valence-electron chi connectivity index (χ3n) is 7.17. The molecule has 0 saturated heterocycles. The standard InChI is InChI=1S/C29H58N2/c1-4-7-9-11-12-13-14-15-16-17-18-19-20-21-23-25-29-30(6-3)27-28-31(29)26-24-22-10-8-5-2/h27-29H,4-26H2,1-3H3. The largest absolute Gasteiger partial charge is 0.356 e. The highest BCUT2D eigenvalue weighted by Gasteiger charge is 2.23. The smallest absolute Gasteiger partial charge is 0.101 e. The highest BCUT2D eigenvalue weighted by molar-refractivity contribution is 4.96. The molecule has 0 aromatic carbocycles. The lowest BCUT2D eigenvalue weighted by Crippen LogP contribution is -2.38. The molecule has 31 heavy (non-hydrogen) atoms. The average Bonchev–Trinajstić information content (AvgIpc) is 3.18. The van der Waals surface area contributed by atoms with Crippen LogP contribution < -0.4 is 0 Å². The Labute approximate surface area is 197 Å². The molecule has 1 aliphatic rings. The summed E-state index contributed by atoms with van der Waals surface area (Å²) in [5.41, 5.74) is 0. The minimum atomic E-state index is 0.637. The van der Waals surface area contributed by atoms with Crippen LogP contribution >= 0.6 is 0 Å². The fourth-order valence-corrected chi connectivity index (χ4v) is 5.03. The van der Waals surface area contributed by atoms with Gasteiger partial charge in [-0.2, -0.15) is 0 Å². The van der Waals surface area contributed by atoms with Gasteiger partial charge < -0.3 is 9.80 Å². The molecule has 0 aromatic heterocycles. The molecule has 0 aromatic rings. The van der Waals surface area contributed by atoms with Crippen molar-refractivity contribution < 1.29 is 0 Å². The molecule has 0 bridgehead atoms. The Balaban J connectivity index is 1.94. The van der Waals surface area contributed by atoms with E-state index in [1.807, 2.05) is 0 Å². The van der Waals surface area contributed by atoms with Gasteiger partial charge in [0, 0.05) is 25.5 Å². The van der Waals surface area contributed by atoms with E-state index in [1.54, 1.807) is 0 Å². The molecule has 2 nitrogen and oxygen atoms in total. The van der Waals surface area contributed by atoms with E-state index in [0.29, 0.717) is 6.17 Å². The van der Waals surface area contributed by atoms with E-state index >= 15 is 0 Å². The first-order valence-electron chi connectivity index (χ1n) is 14.5. The number of nitrogens with zero attached hydrogens (tertiary/aromatic N) is 2. The van der Waals surface area contributed by atoms with Crippen molar-refractivity contribution in [3.8, 4) is 0 Å². The number of unbranched alkanes of at least 4 members (excludes halogenated alkanes) is 18. The van der Waals surface area contributed by atoms with E-state index in [-0.39, 0.29) is 0 Å². The SMILES string of the molecule is CCCCCCCCCCCCCCCCCC1N(CC)C=CN1CCCCCCC. The summed E-state index contributed by atoms with van der Waals surface area (Å²) in [5.74, 6) is 0. The molecule has 0 radical (unpaired) electrons. The number of hydrogen-bond donors (Lipinski definition) is 0. The van der Waals surface area contributed by atoms with Crippen LogP contribution in [-0.4, -0.2) is 29.1 Å². The molecule has 0 fully saturated rings. The van der Waals surface area contributed by atoms with Gasteiger partial charge >= 0.3 is 0 Å². The van der Waals surface area contributed by atoms with Gasteiger partial charge in [-0.25, -0.2) is 0 Å². The van der Waals surface area contributed by atoms with E-state index in [1.165, 1.54) is 141 Å². The zero-order valence-corrected chi connectivity index (χ0v) is 21.9. The first kappa shape index (κ1) is 28.4. The van der Waals surface area contributed by atoms with Gasteiger partial charge in [-0.05, 0) is 26.2 Å².